The van der Waals surface area contributed by atoms with Gasteiger partial charge in [-0.05, 0) is 54.5 Å². The first kappa shape index (κ1) is 16.3. The Labute approximate surface area is 158 Å². The van der Waals surface area contributed by atoms with Gasteiger partial charge in [-0.1, -0.05) is 30.0 Å². The molecule has 1 unspecified atom stereocenters. The molecule has 0 spiro atoms. The highest BCUT2D eigenvalue weighted by Gasteiger charge is 2.30. The maximum absolute atomic E-state index is 12.5. The molecular formula is C19H16N4O3S. The monoisotopic (exact) mass is 380 g/mol. The van der Waals surface area contributed by atoms with E-state index in [1.165, 1.54) is 11.8 Å². The van der Waals surface area contributed by atoms with E-state index < -0.39 is 5.25 Å². The van der Waals surface area contributed by atoms with Crippen molar-refractivity contribution in [3.05, 3.63) is 42.5 Å². The predicted molar refractivity (Wildman–Crippen MR) is 101 cm³/mol. The number of para-hydroxylation sites is 1. The first-order valence-corrected chi connectivity index (χ1v) is 9.64. The van der Waals surface area contributed by atoms with Crippen LogP contribution in [0.2, 0.25) is 0 Å². The molecule has 1 aliphatic carbocycles. The lowest BCUT2D eigenvalue weighted by atomic mass is 10.1. The fourth-order valence-electron chi connectivity index (χ4n) is 2.99. The molecule has 0 bridgehead atoms. The smallest absolute Gasteiger partial charge is 0.324 e. The van der Waals surface area contributed by atoms with Crippen LogP contribution in [0.4, 0.5) is 0 Å². The summed E-state index contributed by atoms with van der Waals surface area (Å²) in [5, 5.41) is 13.9. The van der Waals surface area contributed by atoms with Gasteiger partial charge < -0.3 is 9.15 Å². The molecule has 5 rings (SSSR count). The number of fused-ring (bicyclic) bond motifs is 3. The second-order valence-electron chi connectivity index (χ2n) is 6.57. The van der Waals surface area contributed by atoms with Crippen molar-refractivity contribution in [2.45, 2.75) is 36.2 Å². The molecule has 1 fully saturated rings. The predicted octanol–water partition coefficient (Wildman–Crippen LogP) is 3.99. The first-order valence-electron chi connectivity index (χ1n) is 8.76. The zero-order chi connectivity index (χ0) is 18.4. The highest BCUT2D eigenvalue weighted by Crippen LogP contribution is 2.37. The third-order valence-electron chi connectivity index (χ3n) is 4.54. The number of aromatic nitrogens is 4. The van der Waals surface area contributed by atoms with Gasteiger partial charge >= 0.3 is 5.97 Å². The highest BCUT2D eigenvalue weighted by molar-refractivity contribution is 8.00. The number of furan rings is 1. The average molecular weight is 380 g/mol. The second kappa shape index (κ2) is 6.38. The van der Waals surface area contributed by atoms with E-state index >= 15 is 0 Å². The molecule has 0 saturated heterocycles. The topological polar surface area (TPSA) is 83.0 Å². The van der Waals surface area contributed by atoms with Crippen LogP contribution in [0.1, 0.15) is 25.8 Å². The Bertz CT molecular complexity index is 1150. The molecule has 0 aliphatic heterocycles. The van der Waals surface area contributed by atoms with Crippen LogP contribution in [-0.2, 0) is 4.79 Å². The molecule has 27 heavy (non-hydrogen) atoms. The SMILES string of the molecule is CC(Sc1nnnn1C1CC1)C(=O)Oc1ccc2oc3ccccc3c2c1. The second-order valence-corrected chi connectivity index (χ2v) is 7.88. The molecule has 7 nitrogen and oxygen atoms in total. The van der Waals surface area contributed by atoms with Gasteiger partial charge in [0.1, 0.15) is 22.2 Å². The van der Waals surface area contributed by atoms with Crippen molar-refractivity contribution in [3.63, 3.8) is 0 Å². The molecule has 8 heteroatoms. The average Bonchev–Trinajstić information content (AvgIpc) is 3.30. The highest BCUT2D eigenvalue weighted by atomic mass is 32.2. The number of benzene rings is 2. The number of hydrogen-bond donors (Lipinski definition) is 0. The summed E-state index contributed by atoms with van der Waals surface area (Å²) in [6.45, 7) is 1.80. The molecule has 136 valence electrons. The summed E-state index contributed by atoms with van der Waals surface area (Å²) in [7, 11) is 0. The largest absolute Gasteiger partial charge is 0.456 e. The van der Waals surface area contributed by atoms with E-state index in [0.29, 0.717) is 16.9 Å². The molecule has 0 amide bonds. The number of hydrogen-bond acceptors (Lipinski definition) is 7. The third-order valence-corrected chi connectivity index (χ3v) is 5.56. The number of tetrazole rings is 1. The van der Waals surface area contributed by atoms with Gasteiger partial charge in [0.15, 0.2) is 0 Å². The number of rotatable bonds is 5. The van der Waals surface area contributed by atoms with Crippen LogP contribution in [0.15, 0.2) is 52.0 Å². The van der Waals surface area contributed by atoms with Gasteiger partial charge in [0.25, 0.3) is 0 Å². The van der Waals surface area contributed by atoms with Crippen molar-refractivity contribution in [1.82, 2.24) is 20.2 Å². The third kappa shape index (κ3) is 3.06. The molecule has 1 atom stereocenters. The van der Waals surface area contributed by atoms with Crippen LogP contribution in [0.3, 0.4) is 0 Å². The molecular weight excluding hydrogens is 364 g/mol. The number of esters is 1. The van der Waals surface area contributed by atoms with E-state index in [-0.39, 0.29) is 5.97 Å². The fraction of sp³-hybridized carbons (Fsp3) is 0.263. The lowest BCUT2D eigenvalue weighted by molar-refractivity contribution is -0.133. The van der Waals surface area contributed by atoms with Gasteiger partial charge in [-0.3, -0.25) is 4.79 Å². The number of carbonyl (C=O) groups excluding carboxylic acids is 1. The Kier molecular flexibility index (Phi) is 3.86. The van der Waals surface area contributed by atoms with Crippen LogP contribution in [-0.4, -0.2) is 31.4 Å². The van der Waals surface area contributed by atoms with Gasteiger partial charge in [-0.25, -0.2) is 4.68 Å². The number of nitrogens with zero attached hydrogens (tertiary/aromatic N) is 4. The standard InChI is InChI=1S/C19H16N4O3S/c1-11(27-19-20-21-22-23(19)12-6-7-12)18(24)25-13-8-9-17-15(10-13)14-4-2-3-5-16(14)26-17/h2-5,8-12H,6-7H2,1H3. The Morgan fingerprint density at radius 3 is 2.89 bits per heavy atom. The van der Waals surface area contributed by atoms with E-state index in [0.717, 1.165) is 34.8 Å². The van der Waals surface area contributed by atoms with Crippen LogP contribution >= 0.6 is 11.8 Å². The van der Waals surface area contributed by atoms with Crippen molar-refractivity contribution in [3.8, 4) is 5.75 Å². The van der Waals surface area contributed by atoms with Crippen molar-refractivity contribution < 1.29 is 13.9 Å². The van der Waals surface area contributed by atoms with Gasteiger partial charge in [0.2, 0.25) is 5.16 Å². The summed E-state index contributed by atoms with van der Waals surface area (Å²) in [4.78, 5) is 12.5. The van der Waals surface area contributed by atoms with Crippen molar-refractivity contribution in [2.24, 2.45) is 0 Å². The van der Waals surface area contributed by atoms with E-state index in [9.17, 15) is 4.79 Å². The quantitative estimate of drug-likeness (QED) is 0.294. The minimum absolute atomic E-state index is 0.336. The minimum atomic E-state index is -0.426. The van der Waals surface area contributed by atoms with Crippen molar-refractivity contribution >= 4 is 39.7 Å². The van der Waals surface area contributed by atoms with E-state index in [4.69, 9.17) is 9.15 Å². The fourth-order valence-corrected chi connectivity index (χ4v) is 3.82. The number of carbonyl (C=O) groups is 1. The van der Waals surface area contributed by atoms with Crippen LogP contribution in [0.25, 0.3) is 21.9 Å². The van der Waals surface area contributed by atoms with Gasteiger partial charge in [0, 0.05) is 10.8 Å². The molecule has 1 aliphatic rings. The summed E-state index contributed by atoms with van der Waals surface area (Å²) >= 11 is 1.31. The maximum Gasteiger partial charge on any atom is 0.324 e. The zero-order valence-corrected chi connectivity index (χ0v) is 15.3. The molecule has 2 aromatic heterocycles. The summed E-state index contributed by atoms with van der Waals surface area (Å²) < 4.78 is 13.2. The molecule has 2 aromatic carbocycles. The minimum Gasteiger partial charge on any atom is -0.456 e. The van der Waals surface area contributed by atoms with E-state index in [1.54, 1.807) is 17.7 Å². The Hall–Kier alpha value is -2.87. The molecule has 0 N–H and O–H groups in total. The summed E-state index contributed by atoms with van der Waals surface area (Å²) in [6.07, 6.45) is 2.16. The van der Waals surface area contributed by atoms with Gasteiger partial charge in [-0.15, -0.1) is 5.10 Å². The Morgan fingerprint density at radius 2 is 2.04 bits per heavy atom. The zero-order valence-electron chi connectivity index (χ0n) is 14.5. The van der Waals surface area contributed by atoms with E-state index in [2.05, 4.69) is 15.5 Å². The summed E-state index contributed by atoms with van der Waals surface area (Å²) in [6, 6.07) is 13.6. The van der Waals surface area contributed by atoms with Crippen molar-refractivity contribution in [1.29, 1.82) is 0 Å². The van der Waals surface area contributed by atoms with Crippen LogP contribution in [0.5, 0.6) is 5.75 Å². The van der Waals surface area contributed by atoms with Crippen molar-refractivity contribution in [2.75, 3.05) is 0 Å². The molecule has 0 radical (unpaired) electrons. The lowest BCUT2D eigenvalue weighted by Crippen LogP contribution is -2.20. The van der Waals surface area contributed by atoms with E-state index in [1.807, 2.05) is 36.4 Å². The number of thioether (sulfide) groups is 1. The maximum atomic E-state index is 12.5. The van der Waals surface area contributed by atoms with Gasteiger partial charge in [0.05, 0.1) is 6.04 Å². The molecule has 2 heterocycles. The Morgan fingerprint density at radius 1 is 1.22 bits per heavy atom. The normalized spacial score (nSPS) is 15.3. The first-order chi connectivity index (χ1) is 13.2. The summed E-state index contributed by atoms with van der Waals surface area (Å²) in [5.74, 6) is 0.158. The summed E-state index contributed by atoms with van der Waals surface area (Å²) in [5.41, 5.74) is 1.58. The Balaban J connectivity index is 1.35. The molecule has 4 aromatic rings. The lowest BCUT2D eigenvalue weighted by Gasteiger charge is -2.10. The van der Waals surface area contributed by atoms with Crippen LogP contribution < -0.4 is 4.74 Å². The molecule has 1 saturated carbocycles. The van der Waals surface area contributed by atoms with Crippen LogP contribution in [0, 0.1) is 0 Å². The number of ether oxygens (including phenoxy) is 1. The van der Waals surface area contributed by atoms with Gasteiger partial charge in [-0.2, -0.15) is 0 Å².